The number of hydrogen-bond acceptors (Lipinski definition) is 3. The maximum atomic E-state index is 6.02. The number of H-pyrrole nitrogens is 1. The van der Waals surface area contributed by atoms with Gasteiger partial charge in [-0.2, -0.15) is 5.10 Å². The molecule has 0 bridgehead atoms. The van der Waals surface area contributed by atoms with Crippen LogP contribution in [0.3, 0.4) is 0 Å². The number of hydrogen-bond donors (Lipinski definition) is 1. The van der Waals surface area contributed by atoms with Gasteiger partial charge in [0.1, 0.15) is 12.4 Å². The van der Waals surface area contributed by atoms with Crippen molar-refractivity contribution in [2.45, 2.75) is 25.3 Å². The van der Waals surface area contributed by atoms with E-state index in [9.17, 15) is 0 Å². The number of nitrogens with zero attached hydrogens (tertiary/aromatic N) is 2. The van der Waals surface area contributed by atoms with Crippen LogP contribution in [0.15, 0.2) is 54.9 Å². The van der Waals surface area contributed by atoms with Gasteiger partial charge in [0.15, 0.2) is 0 Å². The number of ether oxygens (including phenoxy) is 1. The molecular weight excluding hydrogens is 298 g/mol. The SMILES string of the molecule is c1ccc2cc(OCCN3CCCCC3c3cn[nH]c3)ccc2c1. The van der Waals surface area contributed by atoms with Gasteiger partial charge in [-0.25, -0.2) is 0 Å². The second-order valence-electron chi connectivity index (χ2n) is 6.44. The van der Waals surface area contributed by atoms with Gasteiger partial charge in [0.2, 0.25) is 0 Å². The molecule has 0 radical (unpaired) electrons. The fourth-order valence-electron chi connectivity index (χ4n) is 3.62. The van der Waals surface area contributed by atoms with Gasteiger partial charge in [0, 0.05) is 24.3 Å². The lowest BCUT2D eigenvalue weighted by Gasteiger charge is -2.35. The van der Waals surface area contributed by atoms with E-state index in [1.54, 1.807) is 0 Å². The molecule has 1 aliphatic heterocycles. The van der Waals surface area contributed by atoms with E-state index >= 15 is 0 Å². The van der Waals surface area contributed by atoms with E-state index in [0.717, 1.165) is 18.8 Å². The fraction of sp³-hybridized carbons (Fsp3) is 0.350. The van der Waals surface area contributed by atoms with Crippen LogP contribution in [-0.2, 0) is 0 Å². The lowest BCUT2D eigenvalue weighted by Crippen LogP contribution is -2.36. The first kappa shape index (κ1) is 15.2. The Kier molecular flexibility index (Phi) is 4.47. The molecule has 24 heavy (non-hydrogen) atoms. The zero-order chi connectivity index (χ0) is 16.2. The van der Waals surface area contributed by atoms with Crippen molar-refractivity contribution in [3.63, 3.8) is 0 Å². The van der Waals surface area contributed by atoms with Crippen LogP contribution >= 0.6 is 0 Å². The van der Waals surface area contributed by atoms with Crippen LogP contribution in [-0.4, -0.2) is 34.8 Å². The van der Waals surface area contributed by atoms with Gasteiger partial charge < -0.3 is 4.74 Å². The molecule has 0 saturated carbocycles. The number of benzene rings is 2. The largest absolute Gasteiger partial charge is 0.492 e. The van der Waals surface area contributed by atoms with Crippen LogP contribution in [0.5, 0.6) is 5.75 Å². The number of piperidine rings is 1. The highest BCUT2D eigenvalue weighted by molar-refractivity contribution is 5.83. The van der Waals surface area contributed by atoms with Crippen molar-refractivity contribution in [1.82, 2.24) is 15.1 Å². The lowest BCUT2D eigenvalue weighted by molar-refractivity contribution is 0.123. The topological polar surface area (TPSA) is 41.1 Å². The first-order chi connectivity index (χ1) is 11.9. The molecule has 1 saturated heterocycles. The van der Waals surface area contributed by atoms with Gasteiger partial charge >= 0.3 is 0 Å². The minimum absolute atomic E-state index is 0.470. The quantitative estimate of drug-likeness (QED) is 0.767. The molecule has 1 unspecified atom stereocenters. The number of likely N-dealkylation sites (tertiary alicyclic amines) is 1. The maximum absolute atomic E-state index is 6.02. The molecule has 0 spiro atoms. The molecule has 1 fully saturated rings. The predicted octanol–water partition coefficient (Wildman–Crippen LogP) is 4.17. The van der Waals surface area contributed by atoms with Gasteiger partial charge in [-0.1, -0.05) is 36.8 Å². The Hall–Kier alpha value is -2.33. The average Bonchev–Trinajstić information content (AvgIpc) is 3.16. The smallest absolute Gasteiger partial charge is 0.120 e. The minimum atomic E-state index is 0.470. The Balaban J connectivity index is 1.38. The molecular formula is C20H23N3O. The maximum Gasteiger partial charge on any atom is 0.120 e. The third kappa shape index (κ3) is 3.29. The summed E-state index contributed by atoms with van der Waals surface area (Å²) in [5.74, 6) is 0.950. The molecule has 124 valence electrons. The van der Waals surface area contributed by atoms with Crippen LogP contribution in [0.2, 0.25) is 0 Å². The zero-order valence-corrected chi connectivity index (χ0v) is 13.8. The molecule has 0 amide bonds. The molecule has 0 aliphatic carbocycles. The number of fused-ring (bicyclic) bond motifs is 1. The monoisotopic (exact) mass is 321 g/mol. The van der Waals surface area contributed by atoms with E-state index in [4.69, 9.17) is 4.74 Å². The van der Waals surface area contributed by atoms with E-state index < -0.39 is 0 Å². The molecule has 3 aromatic rings. The highest BCUT2D eigenvalue weighted by Gasteiger charge is 2.24. The Morgan fingerprint density at radius 3 is 2.92 bits per heavy atom. The van der Waals surface area contributed by atoms with Crippen molar-refractivity contribution in [2.24, 2.45) is 0 Å². The Morgan fingerprint density at radius 1 is 1.12 bits per heavy atom. The number of nitrogens with one attached hydrogen (secondary N) is 1. The van der Waals surface area contributed by atoms with Crippen molar-refractivity contribution in [3.8, 4) is 5.75 Å². The van der Waals surface area contributed by atoms with Crippen LogP contribution in [0.1, 0.15) is 30.9 Å². The highest BCUT2D eigenvalue weighted by atomic mass is 16.5. The van der Waals surface area contributed by atoms with Crippen molar-refractivity contribution >= 4 is 10.8 Å². The van der Waals surface area contributed by atoms with Crippen molar-refractivity contribution in [1.29, 1.82) is 0 Å². The normalized spacial score (nSPS) is 18.8. The van der Waals surface area contributed by atoms with E-state index in [1.807, 2.05) is 12.4 Å². The molecule has 4 heteroatoms. The van der Waals surface area contributed by atoms with Gasteiger partial charge in [0.05, 0.1) is 6.20 Å². The average molecular weight is 321 g/mol. The summed E-state index contributed by atoms with van der Waals surface area (Å²) in [5, 5.41) is 9.52. The van der Waals surface area contributed by atoms with Crippen LogP contribution in [0, 0.1) is 0 Å². The molecule has 4 nitrogen and oxygen atoms in total. The standard InChI is InChI=1S/C20H23N3O/c1-2-6-17-13-19(9-8-16(17)5-1)24-12-11-23-10-4-3-7-20(23)18-14-21-22-15-18/h1-2,5-6,8-9,13-15,20H,3-4,7,10-12H2,(H,21,22). The van der Waals surface area contributed by atoms with E-state index in [2.05, 4.69) is 57.6 Å². The first-order valence-corrected chi connectivity index (χ1v) is 8.74. The molecule has 1 aromatic heterocycles. The lowest BCUT2D eigenvalue weighted by atomic mass is 9.98. The number of aromatic amines is 1. The fourth-order valence-corrected chi connectivity index (χ4v) is 3.62. The van der Waals surface area contributed by atoms with E-state index in [0.29, 0.717) is 12.6 Å². The summed E-state index contributed by atoms with van der Waals surface area (Å²) in [7, 11) is 0. The molecule has 2 aromatic carbocycles. The second kappa shape index (κ2) is 7.05. The van der Waals surface area contributed by atoms with Crippen LogP contribution in [0.25, 0.3) is 10.8 Å². The van der Waals surface area contributed by atoms with Gasteiger partial charge in [-0.05, 0) is 42.3 Å². The third-order valence-electron chi connectivity index (χ3n) is 4.89. The van der Waals surface area contributed by atoms with Gasteiger partial charge in [0.25, 0.3) is 0 Å². The van der Waals surface area contributed by atoms with Crippen LogP contribution in [0.4, 0.5) is 0 Å². The summed E-state index contributed by atoms with van der Waals surface area (Å²) in [6.45, 7) is 2.80. The molecule has 4 rings (SSSR count). The number of aromatic nitrogens is 2. The van der Waals surface area contributed by atoms with Crippen molar-refractivity contribution in [2.75, 3.05) is 19.7 Å². The first-order valence-electron chi connectivity index (χ1n) is 8.74. The Morgan fingerprint density at radius 2 is 2.04 bits per heavy atom. The highest BCUT2D eigenvalue weighted by Crippen LogP contribution is 2.30. The number of rotatable bonds is 5. The molecule has 1 aliphatic rings. The van der Waals surface area contributed by atoms with Gasteiger partial charge in [-0.15, -0.1) is 0 Å². The van der Waals surface area contributed by atoms with Crippen LogP contribution < -0.4 is 4.74 Å². The van der Waals surface area contributed by atoms with Crippen molar-refractivity contribution in [3.05, 3.63) is 60.4 Å². The predicted molar refractivity (Wildman–Crippen MR) is 96.2 cm³/mol. The third-order valence-corrected chi connectivity index (χ3v) is 4.89. The van der Waals surface area contributed by atoms with Gasteiger partial charge in [-0.3, -0.25) is 10.00 Å². The summed E-state index contributed by atoms with van der Waals surface area (Å²) in [4.78, 5) is 2.52. The Bertz CT molecular complexity index is 784. The molecule has 1 N–H and O–H groups in total. The summed E-state index contributed by atoms with van der Waals surface area (Å²) in [6, 6.07) is 15.2. The van der Waals surface area contributed by atoms with E-state index in [-0.39, 0.29) is 0 Å². The Labute approximate surface area is 142 Å². The summed E-state index contributed by atoms with van der Waals surface area (Å²) >= 11 is 0. The minimum Gasteiger partial charge on any atom is -0.492 e. The summed E-state index contributed by atoms with van der Waals surface area (Å²) in [5.41, 5.74) is 1.29. The van der Waals surface area contributed by atoms with Crippen molar-refractivity contribution < 1.29 is 4.74 Å². The molecule has 1 atom stereocenters. The summed E-state index contributed by atoms with van der Waals surface area (Å²) in [6.07, 6.45) is 7.73. The van der Waals surface area contributed by atoms with E-state index in [1.165, 1.54) is 35.6 Å². The second-order valence-corrected chi connectivity index (χ2v) is 6.44. The molecule has 2 heterocycles. The zero-order valence-electron chi connectivity index (χ0n) is 13.8. The summed E-state index contributed by atoms with van der Waals surface area (Å²) < 4.78 is 6.02.